The smallest absolute Gasteiger partial charge is 0.305 e. The molecule has 0 fully saturated rings. The Labute approximate surface area is 161 Å². The maximum Gasteiger partial charge on any atom is 0.305 e. The molecule has 1 atom stereocenters. The Kier molecular flexibility index (Phi) is 6.44. The molecule has 0 amide bonds. The Balaban J connectivity index is 2.26. The predicted octanol–water partition coefficient (Wildman–Crippen LogP) is 3.93. The number of carbonyl (C=O) groups excluding carboxylic acids is 1. The number of ether oxygens (including phenoxy) is 1. The van der Waals surface area contributed by atoms with E-state index in [2.05, 4.69) is 21.8 Å². The fourth-order valence-electron chi connectivity index (χ4n) is 2.76. The largest absolute Gasteiger partial charge is 0.506 e. The average Bonchev–Trinajstić information content (AvgIpc) is 3.06. The highest BCUT2D eigenvalue weighted by Gasteiger charge is 2.28. The molecule has 0 aromatic carbocycles. The van der Waals surface area contributed by atoms with Crippen LogP contribution in [0, 0.1) is 5.41 Å². The summed E-state index contributed by atoms with van der Waals surface area (Å²) < 4.78 is 4.67. The van der Waals surface area contributed by atoms with E-state index in [1.54, 1.807) is 5.12 Å². The van der Waals surface area contributed by atoms with Gasteiger partial charge in [-0.2, -0.15) is 10.2 Å². The van der Waals surface area contributed by atoms with Gasteiger partial charge in [0.2, 0.25) is 0 Å². The summed E-state index contributed by atoms with van der Waals surface area (Å²) in [7, 11) is 1.37. The van der Waals surface area contributed by atoms with Crippen LogP contribution in [0.5, 0.6) is 0 Å². The molecule has 6 nitrogen and oxygen atoms in total. The summed E-state index contributed by atoms with van der Waals surface area (Å²) in [6.45, 7) is 11.9. The monoisotopic (exact) mass is 371 g/mol. The lowest BCUT2D eigenvalue weighted by Gasteiger charge is -2.26. The number of hydrogen-bond donors (Lipinski definition) is 2. The number of hydrogen-bond acceptors (Lipinski definition) is 6. The Morgan fingerprint density at radius 2 is 2.11 bits per heavy atom. The van der Waals surface area contributed by atoms with Crippen LogP contribution >= 0.6 is 0 Å². The highest BCUT2D eigenvalue weighted by molar-refractivity contribution is 6.02. The Hall–Kier alpha value is -2.60. The van der Waals surface area contributed by atoms with Crippen molar-refractivity contribution in [2.24, 2.45) is 10.5 Å². The minimum atomic E-state index is -0.320. The van der Waals surface area contributed by atoms with Crippen LogP contribution in [0.2, 0.25) is 0 Å². The number of esters is 1. The maximum atomic E-state index is 11.4. The Morgan fingerprint density at radius 1 is 1.41 bits per heavy atom. The molecule has 2 N–H and O–H groups in total. The van der Waals surface area contributed by atoms with Gasteiger partial charge in [0.25, 0.3) is 0 Å². The molecule has 6 heteroatoms. The zero-order valence-electron chi connectivity index (χ0n) is 16.7. The Morgan fingerprint density at radius 3 is 2.70 bits per heavy atom. The van der Waals surface area contributed by atoms with Crippen LogP contribution in [-0.2, 0) is 9.53 Å². The standard InChI is InChI=1S/C21H29N3O3/c1-14(11-12-19(25)27-6)13-16(21(3,4)5)20(26)15(2)24-22-17-9-7-8-10-18(17)23-24/h7-10,13,17,22,26H,1,11-12H2,2-6H3/b16-13+,20-15-. The van der Waals surface area contributed by atoms with Crippen LogP contribution in [-0.4, -0.2) is 35.1 Å². The second-order valence-electron chi connectivity index (χ2n) is 7.66. The number of aliphatic hydroxyl groups is 1. The minimum absolute atomic E-state index is 0.00911. The van der Waals surface area contributed by atoms with Gasteiger partial charge in [0, 0.05) is 12.0 Å². The molecule has 1 aliphatic heterocycles. The summed E-state index contributed by atoms with van der Waals surface area (Å²) in [5, 5.41) is 17.1. The molecule has 0 saturated carbocycles. The number of methoxy groups -OCH3 is 1. The van der Waals surface area contributed by atoms with Gasteiger partial charge in [-0.1, -0.05) is 57.2 Å². The number of carbonyl (C=O) groups is 1. The summed E-state index contributed by atoms with van der Waals surface area (Å²) in [6.07, 6.45) is 10.4. The van der Waals surface area contributed by atoms with E-state index in [1.807, 2.05) is 58.1 Å². The Bertz CT molecular complexity index is 764. The first-order valence-corrected chi connectivity index (χ1v) is 9.00. The molecule has 0 saturated heterocycles. The van der Waals surface area contributed by atoms with E-state index < -0.39 is 0 Å². The zero-order valence-corrected chi connectivity index (χ0v) is 16.7. The average molecular weight is 371 g/mol. The SMILES string of the molecule is C=C(/C=C(\C(O)=C(/C)N1N=C2C=CC=CC2N1)C(C)(C)C)CCC(=O)OC. The summed E-state index contributed by atoms with van der Waals surface area (Å²) in [5.41, 5.74) is 5.91. The fraction of sp³-hybridized carbons (Fsp3) is 0.429. The number of allylic oxidation sites excluding steroid dienone is 6. The lowest BCUT2D eigenvalue weighted by molar-refractivity contribution is -0.140. The molecule has 0 radical (unpaired) electrons. The van der Waals surface area contributed by atoms with Crippen LogP contribution < -0.4 is 5.43 Å². The topological polar surface area (TPSA) is 74.2 Å². The lowest BCUT2D eigenvalue weighted by Crippen LogP contribution is -2.36. The predicted molar refractivity (Wildman–Crippen MR) is 108 cm³/mol. The van der Waals surface area contributed by atoms with E-state index in [-0.39, 0.29) is 29.6 Å². The summed E-state index contributed by atoms with van der Waals surface area (Å²) in [6, 6.07) is 0.00911. The summed E-state index contributed by atoms with van der Waals surface area (Å²) >= 11 is 0. The summed E-state index contributed by atoms with van der Waals surface area (Å²) in [5.74, 6) is -0.135. The van der Waals surface area contributed by atoms with Gasteiger partial charge in [0.15, 0.2) is 0 Å². The quantitative estimate of drug-likeness (QED) is 0.420. The summed E-state index contributed by atoms with van der Waals surface area (Å²) in [4.78, 5) is 11.4. The highest BCUT2D eigenvalue weighted by Crippen LogP contribution is 2.34. The van der Waals surface area contributed by atoms with Crippen molar-refractivity contribution in [3.05, 3.63) is 59.6 Å². The van der Waals surface area contributed by atoms with Crippen molar-refractivity contribution in [2.75, 3.05) is 7.11 Å². The molecule has 0 spiro atoms. The molecule has 1 unspecified atom stereocenters. The van der Waals surface area contributed by atoms with Crippen LogP contribution in [0.4, 0.5) is 0 Å². The van der Waals surface area contributed by atoms with Crippen molar-refractivity contribution in [1.82, 2.24) is 10.5 Å². The fourth-order valence-corrected chi connectivity index (χ4v) is 2.76. The van der Waals surface area contributed by atoms with E-state index in [4.69, 9.17) is 0 Å². The van der Waals surface area contributed by atoms with Gasteiger partial charge in [-0.15, -0.1) is 0 Å². The van der Waals surface area contributed by atoms with Crippen molar-refractivity contribution >= 4 is 11.7 Å². The van der Waals surface area contributed by atoms with Crippen LogP contribution in [0.3, 0.4) is 0 Å². The van der Waals surface area contributed by atoms with Crippen molar-refractivity contribution < 1.29 is 14.6 Å². The molecule has 0 aromatic rings. The molecule has 0 bridgehead atoms. The lowest BCUT2D eigenvalue weighted by atomic mass is 9.83. The first-order chi connectivity index (χ1) is 12.6. The van der Waals surface area contributed by atoms with E-state index in [0.29, 0.717) is 12.1 Å². The van der Waals surface area contributed by atoms with Gasteiger partial charge in [-0.05, 0) is 24.8 Å². The highest BCUT2D eigenvalue weighted by atomic mass is 16.5. The molecule has 146 valence electrons. The van der Waals surface area contributed by atoms with Crippen molar-refractivity contribution in [3.8, 4) is 0 Å². The third kappa shape index (κ3) is 5.20. The van der Waals surface area contributed by atoms with Gasteiger partial charge >= 0.3 is 5.97 Å². The van der Waals surface area contributed by atoms with Gasteiger partial charge in [-0.25, -0.2) is 5.43 Å². The van der Waals surface area contributed by atoms with Crippen LogP contribution in [0.25, 0.3) is 0 Å². The number of nitrogens with zero attached hydrogens (tertiary/aromatic N) is 2. The van der Waals surface area contributed by atoms with E-state index >= 15 is 0 Å². The molecule has 27 heavy (non-hydrogen) atoms. The van der Waals surface area contributed by atoms with Gasteiger partial charge in [-0.3, -0.25) is 4.79 Å². The number of fused-ring (bicyclic) bond motifs is 1. The van der Waals surface area contributed by atoms with Gasteiger partial charge < -0.3 is 9.84 Å². The van der Waals surface area contributed by atoms with Crippen molar-refractivity contribution in [2.45, 2.75) is 46.6 Å². The number of aliphatic hydroxyl groups excluding tert-OH is 1. The molecule has 2 aliphatic rings. The van der Waals surface area contributed by atoms with Gasteiger partial charge in [0.1, 0.15) is 5.76 Å². The normalized spacial score (nSPS) is 20.2. The van der Waals surface area contributed by atoms with Crippen LogP contribution in [0.15, 0.2) is 64.7 Å². The number of hydrazone groups is 1. The molecule has 1 heterocycles. The molecular formula is C21H29N3O3. The zero-order chi connectivity index (χ0) is 20.2. The molecule has 1 aliphatic carbocycles. The third-order valence-corrected chi connectivity index (χ3v) is 4.43. The van der Waals surface area contributed by atoms with E-state index in [0.717, 1.165) is 16.9 Å². The third-order valence-electron chi connectivity index (χ3n) is 4.43. The number of rotatable bonds is 6. The number of nitrogens with one attached hydrogen (secondary N) is 1. The second kappa shape index (κ2) is 8.39. The maximum absolute atomic E-state index is 11.4. The van der Waals surface area contributed by atoms with Crippen molar-refractivity contribution in [1.29, 1.82) is 0 Å². The number of hydrazine groups is 1. The van der Waals surface area contributed by atoms with Gasteiger partial charge in [0.05, 0.1) is 24.6 Å². The molecule has 2 rings (SSSR count). The minimum Gasteiger partial charge on any atom is -0.506 e. The first-order valence-electron chi connectivity index (χ1n) is 9.00. The molecular weight excluding hydrogens is 342 g/mol. The van der Waals surface area contributed by atoms with Crippen LogP contribution in [0.1, 0.15) is 40.5 Å². The van der Waals surface area contributed by atoms with Crippen molar-refractivity contribution in [3.63, 3.8) is 0 Å². The van der Waals surface area contributed by atoms with E-state index in [9.17, 15) is 9.90 Å². The first kappa shape index (κ1) is 20.7. The molecule has 0 aromatic heterocycles. The van der Waals surface area contributed by atoms with E-state index in [1.165, 1.54) is 7.11 Å². The second-order valence-corrected chi connectivity index (χ2v) is 7.66.